The standard InChI is InChI=1S/C20H28FN3O5S/c21-17-7-6-15(14-18(17)30(27,28)24-10-12-29-13-11-24)20(26)22-9-8-19(25)23-16-4-2-1-3-5-16/h6-7,14,16H,1-5,8-13H2,(H,22,26)(H,23,25). The third kappa shape index (κ3) is 5.77. The number of benzene rings is 1. The number of ether oxygens (including phenoxy) is 1. The highest BCUT2D eigenvalue weighted by molar-refractivity contribution is 7.89. The van der Waals surface area contributed by atoms with E-state index in [-0.39, 0.29) is 56.8 Å². The Morgan fingerprint density at radius 1 is 1.13 bits per heavy atom. The lowest BCUT2D eigenvalue weighted by Gasteiger charge is -2.26. The average molecular weight is 442 g/mol. The minimum atomic E-state index is -4.06. The Balaban J connectivity index is 1.57. The maximum Gasteiger partial charge on any atom is 0.251 e. The molecule has 0 aromatic heterocycles. The topological polar surface area (TPSA) is 105 Å². The Hall–Kier alpha value is -2.04. The second-order valence-corrected chi connectivity index (χ2v) is 9.48. The number of nitrogens with one attached hydrogen (secondary N) is 2. The normalized spacial score (nSPS) is 18.7. The number of rotatable bonds is 7. The quantitative estimate of drug-likeness (QED) is 0.666. The van der Waals surface area contributed by atoms with Crippen LogP contribution in [0.2, 0.25) is 0 Å². The van der Waals surface area contributed by atoms with Crippen molar-refractivity contribution in [3.8, 4) is 0 Å². The maximum atomic E-state index is 14.2. The van der Waals surface area contributed by atoms with E-state index < -0.39 is 26.6 Å². The highest BCUT2D eigenvalue weighted by atomic mass is 32.2. The summed E-state index contributed by atoms with van der Waals surface area (Å²) in [7, 11) is -4.06. The van der Waals surface area contributed by atoms with Gasteiger partial charge in [0, 0.05) is 37.7 Å². The van der Waals surface area contributed by atoms with Crippen molar-refractivity contribution in [2.45, 2.75) is 49.5 Å². The Morgan fingerprint density at radius 2 is 1.83 bits per heavy atom. The molecule has 0 radical (unpaired) electrons. The maximum absolute atomic E-state index is 14.2. The molecule has 1 aromatic rings. The fraction of sp³-hybridized carbons (Fsp3) is 0.600. The average Bonchev–Trinajstić information content (AvgIpc) is 2.75. The van der Waals surface area contributed by atoms with E-state index in [9.17, 15) is 22.4 Å². The number of hydrogen-bond acceptors (Lipinski definition) is 5. The van der Waals surface area contributed by atoms with Crippen LogP contribution in [0.25, 0.3) is 0 Å². The summed E-state index contributed by atoms with van der Waals surface area (Å²) < 4.78 is 46.0. The van der Waals surface area contributed by atoms with Crippen molar-refractivity contribution >= 4 is 21.8 Å². The molecule has 0 bridgehead atoms. The minimum Gasteiger partial charge on any atom is -0.379 e. The highest BCUT2D eigenvalue weighted by Crippen LogP contribution is 2.22. The second kappa shape index (κ2) is 10.3. The molecule has 1 heterocycles. The van der Waals surface area contributed by atoms with Crippen molar-refractivity contribution in [3.05, 3.63) is 29.6 Å². The van der Waals surface area contributed by atoms with Crippen molar-refractivity contribution in [2.75, 3.05) is 32.8 Å². The fourth-order valence-corrected chi connectivity index (χ4v) is 5.21. The molecule has 1 aliphatic heterocycles. The van der Waals surface area contributed by atoms with Gasteiger partial charge < -0.3 is 15.4 Å². The van der Waals surface area contributed by atoms with Crippen LogP contribution in [-0.4, -0.2) is 63.4 Å². The largest absolute Gasteiger partial charge is 0.379 e. The summed E-state index contributed by atoms with van der Waals surface area (Å²) in [6.07, 6.45) is 5.51. The van der Waals surface area contributed by atoms with Gasteiger partial charge in [0.1, 0.15) is 10.7 Å². The van der Waals surface area contributed by atoms with Crippen LogP contribution in [0, 0.1) is 5.82 Å². The third-order valence-corrected chi connectivity index (χ3v) is 7.30. The first-order valence-corrected chi connectivity index (χ1v) is 11.8. The van der Waals surface area contributed by atoms with Crippen molar-refractivity contribution in [1.82, 2.24) is 14.9 Å². The Kier molecular flexibility index (Phi) is 7.79. The molecule has 3 rings (SSSR count). The first kappa shape index (κ1) is 22.6. The number of morpholine rings is 1. The molecule has 2 amide bonds. The summed E-state index contributed by atoms with van der Waals surface area (Å²) in [5.41, 5.74) is 0.0240. The highest BCUT2D eigenvalue weighted by Gasteiger charge is 2.29. The summed E-state index contributed by atoms with van der Waals surface area (Å²) in [4.78, 5) is 23.9. The van der Waals surface area contributed by atoms with E-state index in [2.05, 4.69) is 10.6 Å². The van der Waals surface area contributed by atoms with E-state index in [1.54, 1.807) is 0 Å². The van der Waals surface area contributed by atoms with Gasteiger partial charge in [0.15, 0.2) is 0 Å². The summed E-state index contributed by atoms with van der Waals surface area (Å²) in [6, 6.07) is 3.44. The molecule has 1 aliphatic carbocycles. The van der Waals surface area contributed by atoms with Gasteiger partial charge in [-0.2, -0.15) is 4.31 Å². The summed E-state index contributed by atoms with van der Waals surface area (Å²) in [5, 5.41) is 5.56. The van der Waals surface area contributed by atoms with Gasteiger partial charge in [0.25, 0.3) is 5.91 Å². The Bertz CT molecular complexity index is 865. The summed E-state index contributed by atoms with van der Waals surface area (Å²) >= 11 is 0. The molecule has 1 aromatic carbocycles. The van der Waals surface area contributed by atoms with Crippen LogP contribution in [0.1, 0.15) is 48.9 Å². The predicted molar refractivity (Wildman–Crippen MR) is 108 cm³/mol. The molecule has 2 fully saturated rings. The van der Waals surface area contributed by atoms with Crippen LogP contribution >= 0.6 is 0 Å². The molecule has 10 heteroatoms. The van der Waals surface area contributed by atoms with Crippen LogP contribution in [0.15, 0.2) is 23.1 Å². The van der Waals surface area contributed by atoms with Gasteiger partial charge in [0.05, 0.1) is 13.2 Å². The van der Waals surface area contributed by atoms with Gasteiger partial charge in [-0.1, -0.05) is 19.3 Å². The molecular weight excluding hydrogens is 413 g/mol. The SMILES string of the molecule is O=C(CCNC(=O)c1ccc(F)c(S(=O)(=O)N2CCOCC2)c1)NC1CCCCC1. The van der Waals surface area contributed by atoms with Gasteiger partial charge in [-0.15, -0.1) is 0 Å². The zero-order valence-electron chi connectivity index (χ0n) is 16.9. The van der Waals surface area contributed by atoms with Gasteiger partial charge in [-0.05, 0) is 31.0 Å². The van der Waals surface area contributed by atoms with Crippen molar-refractivity contribution in [1.29, 1.82) is 0 Å². The molecule has 30 heavy (non-hydrogen) atoms. The van der Waals surface area contributed by atoms with Crippen LogP contribution < -0.4 is 10.6 Å². The van der Waals surface area contributed by atoms with Gasteiger partial charge in [0.2, 0.25) is 15.9 Å². The molecule has 1 saturated carbocycles. The van der Waals surface area contributed by atoms with Crippen molar-refractivity contribution < 1.29 is 27.1 Å². The number of hydrogen-bond donors (Lipinski definition) is 2. The van der Waals surface area contributed by atoms with Gasteiger partial charge in [-0.25, -0.2) is 12.8 Å². The van der Waals surface area contributed by atoms with Crippen LogP contribution in [0.3, 0.4) is 0 Å². The summed E-state index contributed by atoms with van der Waals surface area (Å²) in [5.74, 6) is -1.60. The van der Waals surface area contributed by atoms with Crippen molar-refractivity contribution in [2.24, 2.45) is 0 Å². The van der Waals surface area contributed by atoms with Crippen LogP contribution in [0.4, 0.5) is 4.39 Å². The lowest BCUT2D eigenvalue weighted by Crippen LogP contribution is -2.41. The number of sulfonamides is 1. The van der Waals surface area contributed by atoms with Crippen LogP contribution in [0.5, 0.6) is 0 Å². The van der Waals surface area contributed by atoms with E-state index in [1.807, 2.05) is 0 Å². The molecular formula is C20H28FN3O5S. The zero-order chi connectivity index (χ0) is 21.6. The van der Waals surface area contributed by atoms with E-state index in [4.69, 9.17) is 4.74 Å². The molecule has 0 atom stereocenters. The Morgan fingerprint density at radius 3 is 2.53 bits per heavy atom. The van der Waals surface area contributed by atoms with E-state index in [0.29, 0.717) is 0 Å². The van der Waals surface area contributed by atoms with E-state index in [0.717, 1.165) is 42.1 Å². The molecule has 0 unspecified atom stereocenters. The first-order valence-electron chi connectivity index (χ1n) is 10.3. The second-order valence-electron chi connectivity index (χ2n) is 7.57. The molecule has 0 spiro atoms. The molecule has 2 N–H and O–H groups in total. The molecule has 166 valence electrons. The summed E-state index contributed by atoms with van der Waals surface area (Å²) in [6.45, 7) is 0.858. The van der Waals surface area contributed by atoms with Crippen LogP contribution in [-0.2, 0) is 19.6 Å². The molecule has 2 aliphatic rings. The van der Waals surface area contributed by atoms with Gasteiger partial charge in [-0.3, -0.25) is 9.59 Å². The number of amides is 2. The number of carbonyl (C=O) groups excluding carboxylic acids is 2. The van der Waals surface area contributed by atoms with Crippen molar-refractivity contribution in [3.63, 3.8) is 0 Å². The monoisotopic (exact) mass is 441 g/mol. The van der Waals surface area contributed by atoms with E-state index >= 15 is 0 Å². The minimum absolute atomic E-state index is 0.0240. The lowest BCUT2D eigenvalue weighted by molar-refractivity contribution is -0.121. The molecule has 8 nitrogen and oxygen atoms in total. The predicted octanol–water partition coefficient (Wildman–Crippen LogP) is 1.42. The number of halogens is 1. The smallest absolute Gasteiger partial charge is 0.251 e. The zero-order valence-corrected chi connectivity index (χ0v) is 17.7. The number of nitrogens with zero attached hydrogens (tertiary/aromatic N) is 1. The first-order chi connectivity index (χ1) is 14.4. The number of carbonyl (C=O) groups is 2. The molecule has 1 saturated heterocycles. The third-order valence-electron chi connectivity index (χ3n) is 5.39. The van der Waals surface area contributed by atoms with Gasteiger partial charge >= 0.3 is 0 Å². The lowest BCUT2D eigenvalue weighted by atomic mass is 9.95. The Labute approximate surface area is 176 Å². The van der Waals surface area contributed by atoms with E-state index in [1.165, 1.54) is 12.5 Å². The fourth-order valence-electron chi connectivity index (χ4n) is 3.71.